The minimum atomic E-state index is 0.169. The molecule has 54 heavy (non-hydrogen) atoms. The Morgan fingerprint density at radius 1 is 0.630 bits per heavy atom. The fourth-order valence-corrected chi connectivity index (χ4v) is 9.12. The van der Waals surface area contributed by atoms with E-state index >= 15 is 0 Å². The number of allylic oxidation sites excluding steroid dienone is 9. The normalized spacial score (nSPS) is 28.7. The van der Waals surface area contributed by atoms with Crippen LogP contribution in [0.4, 0.5) is 0 Å². The zero-order valence-electron chi connectivity index (χ0n) is 30.9. The molecule has 4 heterocycles. The molecule has 2 aromatic carbocycles. The number of ether oxygens (including phenoxy) is 4. The van der Waals surface area contributed by atoms with Crippen molar-refractivity contribution in [1.29, 1.82) is 0 Å². The topological polar surface area (TPSA) is 46.6 Å². The average molecular weight is 720 g/mol. The first-order valence-electron chi connectivity index (χ1n) is 19.9. The van der Waals surface area contributed by atoms with Crippen molar-refractivity contribution in [3.05, 3.63) is 161 Å². The van der Waals surface area contributed by atoms with Crippen LogP contribution < -0.4 is 9.47 Å². The largest absolute Gasteiger partial charge is 0.478 e. The van der Waals surface area contributed by atoms with Crippen LogP contribution in [0.1, 0.15) is 48.8 Å². The number of hydrogen-bond donors (Lipinski definition) is 0. The summed E-state index contributed by atoms with van der Waals surface area (Å²) in [5.41, 5.74) is 8.82. The van der Waals surface area contributed by atoms with Crippen LogP contribution in [0.3, 0.4) is 0 Å². The second-order valence-electron chi connectivity index (χ2n) is 15.8. The van der Waals surface area contributed by atoms with E-state index in [9.17, 15) is 0 Å². The second-order valence-corrected chi connectivity index (χ2v) is 15.8. The monoisotopic (exact) mass is 719 g/mol. The highest BCUT2D eigenvalue weighted by Crippen LogP contribution is 2.37. The van der Waals surface area contributed by atoms with Crippen LogP contribution >= 0.6 is 0 Å². The molecule has 7 heteroatoms. The smallest absolute Gasteiger partial charge is 0.161 e. The minimum Gasteiger partial charge on any atom is -0.478 e. The summed E-state index contributed by atoms with van der Waals surface area (Å²) >= 11 is 0. The number of nitrogens with zero attached hydrogens (tertiary/aromatic N) is 3. The molecular weight excluding hydrogens is 671 g/mol. The lowest BCUT2D eigenvalue weighted by atomic mass is 9.85. The molecule has 2 aromatic rings. The average Bonchev–Trinajstić information content (AvgIpc) is 3.46. The Morgan fingerprint density at radius 2 is 1.41 bits per heavy atom. The van der Waals surface area contributed by atoms with E-state index in [0.717, 1.165) is 69.0 Å². The van der Waals surface area contributed by atoms with E-state index in [4.69, 9.17) is 18.9 Å². The lowest BCUT2D eigenvalue weighted by molar-refractivity contribution is 0.0608. The first kappa shape index (κ1) is 33.6. The van der Waals surface area contributed by atoms with Gasteiger partial charge in [0.1, 0.15) is 24.0 Å². The van der Waals surface area contributed by atoms with E-state index in [2.05, 4.69) is 130 Å². The highest BCUT2D eigenvalue weighted by molar-refractivity contribution is 5.68. The predicted octanol–water partition coefficient (Wildman–Crippen LogP) is 8.79. The van der Waals surface area contributed by atoms with Gasteiger partial charge in [-0.1, -0.05) is 85.0 Å². The highest BCUT2D eigenvalue weighted by atomic mass is 16.5. The molecule has 0 spiro atoms. The molecular formula is C47H49N3O4. The fraction of sp³-hybridized carbons (Fsp3) is 0.362. The van der Waals surface area contributed by atoms with Gasteiger partial charge in [0, 0.05) is 59.7 Å². The van der Waals surface area contributed by atoms with Gasteiger partial charge in [0.2, 0.25) is 0 Å². The minimum absolute atomic E-state index is 0.169. The number of para-hydroxylation sites is 1. The van der Waals surface area contributed by atoms with Crippen molar-refractivity contribution in [3.8, 4) is 11.5 Å². The van der Waals surface area contributed by atoms with Crippen LogP contribution in [0.2, 0.25) is 0 Å². The second kappa shape index (κ2) is 14.7. The van der Waals surface area contributed by atoms with Crippen molar-refractivity contribution in [3.63, 3.8) is 0 Å². The molecule has 0 aromatic heterocycles. The molecule has 4 aliphatic carbocycles. The molecule has 5 unspecified atom stereocenters. The summed E-state index contributed by atoms with van der Waals surface area (Å²) in [5, 5.41) is 0. The molecule has 0 amide bonds. The van der Waals surface area contributed by atoms with Crippen LogP contribution in [0.5, 0.6) is 11.5 Å². The molecule has 7 nitrogen and oxygen atoms in total. The third kappa shape index (κ3) is 6.91. The molecule has 0 N–H and O–H groups in total. The zero-order valence-corrected chi connectivity index (χ0v) is 30.9. The van der Waals surface area contributed by atoms with Crippen molar-refractivity contribution in [2.75, 3.05) is 33.3 Å². The standard InChI is InChI=1S/C47H49N3O4/c1-3-7-44-35(5-1)13-14-38(29-51-44)36-15-21-46-39(24-36)27-48(30-53-46)41-16-9-33(10-17-41)23-34-11-18-42(19-12-34)49-28-40-25-43(20-22-47(40)54-31-49)50-26-37-6-2-4-8-45(37)52-32-50/h1-9,11,14-19,21-22,24-25,33-35,43-44H,10,12-13,20,23,26-32H2. The Labute approximate surface area is 319 Å². The zero-order chi connectivity index (χ0) is 35.8. The maximum atomic E-state index is 6.29. The van der Waals surface area contributed by atoms with Crippen molar-refractivity contribution in [2.45, 2.75) is 57.3 Å². The van der Waals surface area contributed by atoms with Gasteiger partial charge in [-0.15, -0.1) is 0 Å². The Hall–Kier alpha value is -4.98. The van der Waals surface area contributed by atoms with Crippen molar-refractivity contribution < 1.29 is 18.9 Å². The summed E-state index contributed by atoms with van der Waals surface area (Å²) in [6, 6.07) is 15.3. The highest BCUT2D eigenvalue weighted by Gasteiger charge is 2.30. The van der Waals surface area contributed by atoms with Gasteiger partial charge in [-0.05, 0) is 91.5 Å². The lowest BCUT2D eigenvalue weighted by Crippen LogP contribution is -2.42. The van der Waals surface area contributed by atoms with E-state index in [-0.39, 0.29) is 6.10 Å². The SMILES string of the molecule is C1=CC2CC=C(c3ccc4c(c3)CN(C3=CCC(CC5C=CC(N6COC7=CCC(N8COc9ccccc9C8)C=C7C6)=CC5)C=C3)CO4)COC2C=C1. The molecule has 4 aliphatic heterocycles. The summed E-state index contributed by atoms with van der Waals surface area (Å²) in [5.74, 6) is 4.56. The Bertz CT molecular complexity index is 2070. The maximum Gasteiger partial charge on any atom is 0.161 e. The van der Waals surface area contributed by atoms with Crippen LogP contribution in [-0.4, -0.2) is 60.2 Å². The molecule has 5 atom stereocenters. The summed E-state index contributed by atoms with van der Waals surface area (Å²) in [6.07, 6.45) is 35.5. The Balaban J connectivity index is 0.715. The van der Waals surface area contributed by atoms with Crippen LogP contribution in [-0.2, 0) is 22.6 Å². The van der Waals surface area contributed by atoms with Gasteiger partial charge in [-0.25, -0.2) is 0 Å². The number of benzene rings is 2. The fourth-order valence-electron chi connectivity index (χ4n) is 9.12. The molecule has 1 fully saturated rings. The molecule has 8 aliphatic rings. The molecule has 10 rings (SSSR count). The molecule has 276 valence electrons. The summed E-state index contributed by atoms with van der Waals surface area (Å²) in [6.45, 7) is 5.08. The third-order valence-corrected chi connectivity index (χ3v) is 12.3. The van der Waals surface area contributed by atoms with Gasteiger partial charge in [0.25, 0.3) is 0 Å². The van der Waals surface area contributed by atoms with Gasteiger partial charge in [0.05, 0.1) is 12.7 Å². The van der Waals surface area contributed by atoms with Crippen molar-refractivity contribution >= 4 is 5.57 Å². The first-order valence-corrected chi connectivity index (χ1v) is 19.9. The number of rotatable bonds is 6. The van der Waals surface area contributed by atoms with Crippen molar-refractivity contribution in [2.24, 2.45) is 17.8 Å². The van der Waals surface area contributed by atoms with Crippen LogP contribution in [0.15, 0.2) is 144 Å². The Morgan fingerprint density at radius 3 is 2.26 bits per heavy atom. The lowest BCUT2D eigenvalue weighted by Gasteiger charge is -2.39. The quantitative estimate of drug-likeness (QED) is 0.296. The van der Waals surface area contributed by atoms with E-state index < -0.39 is 0 Å². The maximum absolute atomic E-state index is 6.29. The first-order chi connectivity index (χ1) is 26.7. The molecule has 1 saturated heterocycles. The summed E-state index contributed by atoms with van der Waals surface area (Å²) < 4.78 is 24.9. The summed E-state index contributed by atoms with van der Waals surface area (Å²) in [4.78, 5) is 7.16. The van der Waals surface area contributed by atoms with Gasteiger partial charge >= 0.3 is 0 Å². The van der Waals surface area contributed by atoms with Gasteiger partial charge < -0.3 is 28.7 Å². The molecule has 0 saturated carbocycles. The number of fused-ring (bicyclic) bond motifs is 4. The van der Waals surface area contributed by atoms with E-state index in [1.54, 1.807) is 0 Å². The van der Waals surface area contributed by atoms with E-state index in [1.165, 1.54) is 39.2 Å². The molecule has 0 radical (unpaired) electrons. The predicted molar refractivity (Wildman–Crippen MR) is 212 cm³/mol. The van der Waals surface area contributed by atoms with E-state index in [0.29, 0.717) is 50.6 Å². The van der Waals surface area contributed by atoms with Gasteiger partial charge in [-0.3, -0.25) is 4.90 Å². The van der Waals surface area contributed by atoms with Crippen LogP contribution in [0.25, 0.3) is 5.57 Å². The van der Waals surface area contributed by atoms with Crippen LogP contribution in [0, 0.1) is 17.8 Å². The summed E-state index contributed by atoms with van der Waals surface area (Å²) in [7, 11) is 0. The third-order valence-electron chi connectivity index (χ3n) is 12.3. The van der Waals surface area contributed by atoms with Crippen molar-refractivity contribution in [1.82, 2.24) is 14.7 Å². The Kier molecular flexibility index (Phi) is 9.13. The van der Waals surface area contributed by atoms with Gasteiger partial charge in [-0.2, -0.15) is 0 Å². The number of hydrogen-bond acceptors (Lipinski definition) is 7. The van der Waals surface area contributed by atoms with E-state index in [1.807, 2.05) is 6.07 Å². The molecule has 0 bridgehead atoms. The van der Waals surface area contributed by atoms with Gasteiger partial charge in [0.15, 0.2) is 13.5 Å².